The van der Waals surface area contributed by atoms with E-state index >= 15 is 0 Å². The van der Waals surface area contributed by atoms with Gasteiger partial charge in [0.2, 0.25) is 0 Å². The number of halogens is 2. The minimum atomic E-state index is -0.615. The Morgan fingerprint density at radius 1 is 1.22 bits per heavy atom. The molecule has 18 heavy (non-hydrogen) atoms. The molecule has 0 fully saturated rings. The van der Waals surface area contributed by atoms with Gasteiger partial charge in [-0.15, -0.1) is 11.3 Å². The van der Waals surface area contributed by atoms with Crippen LogP contribution in [-0.4, -0.2) is 10.7 Å². The predicted molar refractivity (Wildman–Crippen MR) is 63.5 cm³/mol. The normalized spacial score (nSPS) is 18.6. The maximum Gasteiger partial charge on any atom is 0.158 e. The van der Waals surface area contributed by atoms with Crippen molar-refractivity contribution in [3.8, 4) is 0 Å². The number of nitrogens with zero attached hydrogens (tertiary/aromatic N) is 2. The third-order valence-electron chi connectivity index (χ3n) is 2.65. The standard InChI is InChI=1S/C12H8F2N2OS/c13-8-1-7(2-9(14)3-8)12-4-10(16-17-12)11-5-18-6-15-11/h1-3,5-6,12H,4H2/t12-/m0/s1. The third-order valence-corrected chi connectivity index (χ3v) is 3.24. The number of aromatic nitrogens is 1. The summed E-state index contributed by atoms with van der Waals surface area (Å²) in [5, 5.41) is 5.77. The molecule has 0 saturated carbocycles. The van der Waals surface area contributed by atoms with E-state index in [-0.39, 0.29) is 0 Å². The van der Waals surface area contributed by atoms with E-state index in [1.807, 2.05) is 5.38 Å². The fourth-order valence-electron chi connectivity index (χ4n) is 1.82. The molecule has 0 saturated heterocycles. The van der Waals surface area contributed by atoms with Gasteiger partial charge in [-0.3, -0.25) is 0 Å². The van der Waals surface area contributed by atoms with Gasteiger partial charge in [0.1, 0.15) is 17.3 Å². The van der Waals surface area contributed by atoms with Gasteiger partial charge in [0, 0.05) is 23.4 Å². The molecule has 3 nitrogen and oxygen atoms in total. The van der Waals surface area contributed by atoms with E-state index in [9.17, 15) is 8.78 Å². The van der Waals surface area contributed by atoms with Crippen LogP contribution < -0.4 is 0 Å². The van der Waals surface area contributed by atoms with Crippen LogP contribution in [0.15, 0.2) is 34.2 Å². The highest BCUT2D eigenvalue weighted by atomic mass is 32.1. The molecule has 2 aromatic rings. The Hall–Kier alpha value is -1.82. The smallest absolute Gasteiger partial charge is 0.158 e. The molecule has 3 rings (SSSR count). The van der Waals surface area contributed by atoms with Crippen molar-refractivity contribution in [2.45, 2.75) is 12.5 Å². The summed E-state index contributed by atoms with van der Waals surface area (Å²) in [6.45, 7) is 0. The highest BCUT2D eigenvalue weighted by Gasteiger charge is 2.25. The van der Waals surface area contributed by atoms with E-state index in [2.05, 4.69) is 10.1 Å². The molecule has 0 amide bonds. The van der Waals surface area contributed by atoms with Crippen LogP contribution in [0.2, 0.25) is 0 Å². The molecule has 0 spiro atoms. The first-order valence-electron chi connectivity index (χ1n) is 5.29. The fourth-order valence-corrected chi connectivity index (χ4v) is 2.38. The van der Waals surface area contributed by atoms with Crippen molar-refractivity contribution in [2.24, 2.45) is 5.16 Å². The van der Waals surface area contributed by atoms with Crippen molar-refractivity contribution in [1.29, 1.82) is 0 Å². The summed E-state index contributed by atoms with van der Waals surface area (Å²) < 4.78 is 26.2. The lowest BCUT2D eigenvalue weighted by Gasteiger charge is -2.08. The second-order valence-electron chi connectivity index (χ2n) is 3.91. The van der Waals surface area contributed by atoms with Crippen LogP contribution in [0.25, 0.3) is 0 Å². The summed E-state index contributed by atoms with van der Waals surface area (Å²) in [4.78, 5) is 9.33. The van der Waals surface area contributed by atoms with Crippen molar-refractivity contribution in [3.63, 3.8) is 0 Å². The van der Waals surface area contributed by atoms with Gasteiger partial charge in [0.15, 0.2) is 6.10 Å². The van der Waals surface area contributed by atoms with Crippen LogP contribution in [0, 0.1) is 11.6 Å². The Morgan fingerprint density at radius 2 is 2.00 bits per heavy atom. The number of hydrogen-bond acceptors (Lipinski definition) is 4. The van der Waals surface area contributed by atoms with Crippen LogP contribution in [0.4, 0.5) is 8.78 Å². The highest BCUT2D eigenvalue weighted by Crippen LogP contribution is 2.30. The zero-order valence-corrected chi connectivity index (χ0v) is 9.95. The molecular formula is C12H8F2N2OS. The summed E-state index contributed by atoms with van der Waals surface area (Å²) in [7, 11) is 0. The molecule has 6 heteroatoms. The zero-order valence-electron chi connectivity index (χ0n) is 9.14. The molecule has 0 bridgehead atoms. The van der Waals surface area contributed by atoms with Crippen molar-refractivity contribution in [1.82, 2.24) is 4.98 Å². The summed E-state index contributed by atoms with van der Waals surface area (Å²) in [6, 6.07) is 3.35. The van der Waals surface area contributed by atoms with Gasteiger partial charge >= 0.3 is 0 Å². The summed E-state index contributed by atoms with van der Waals surface area (Å²) in [6.07, 6.45) is 0.0130. The van der Waals surface area contributed by atoms with E-state index in [0.717, 1.165) is 11.8 Å². The number of hydrogen-bond donors (Lipinski definition) is 0. The molecule has 1 atom stereocenters. The molecule has 0 N–H and O–H groups in total. The van der Waals surface area contributed by atoms with Crippen molar-refractivity contribution < 1.29 is 13.6 Å². The first kappa shape index (κ1) is 11.3. The summed E-state index contributed by atoms with van der Waals surface area (Å²) >= 11 is 1.46. The maximum absolute atomic E-state index is 13.1. The molecule has 1 aromatic heterocycles. The van der Waals surface area contributed by atoms with E-state index in [0.29, 0.717) is 17.7 Å². The second kappa shape index (κ2) is 4.45. The van der Waals surface area contributed by atoms with E-state index in [4.69, 9.17) is 4.84 Å². The van der Waals surface area contributed by atoms with Crippen molar-refractivity contribution in [2.75, 3.05) is 0 Å². The predicted octanol–water partition coefficient (Wildman–Crippen LogP) is 3.29. The lowest BCUT2D eigenvalue weighted by atomic mass is 10.0. The van der Waals surface area contributed by atoms with Gasteiger partial charge in [0.05, 0.1) is 11.2 Å². The van der Waals surface area contributed by atoms with Crippen molar-refractivity contribution in [3.05, 3.63) is 52.0 Å². The second-order valence-corrected chi connectivity index (χ2v) is 4.63. The summed E-state index contributed by atoms with van der Waals surface area (Å²) in [5.74, 6) is -1.23. The third kappa shape index (κ3) is 2.11. The molecule has 1 aliphatic rings. The monoisotopic (exact) mass is 266 g/mol. The SMILES string of the molecule is Fc1cc(F)cc([C@@H]2CC(c3cscn3)=NO2)c1. The minimum Gasteiger partial charge on any atom is -0.387 e. The molecule has 0 unspecified atom stereocenters. The van der Waals surface area contributed by atoms with Gasteiger partial charge in [-0.05, 0) is 12.1 Å². The van der Waals surface area contributed by atoms with Gasteiger partial charge < -0.3 is 4.84 Å². The average Bonchev–Trinajstić information content (AvgIpc) is 2.99. The van der Waals surface area contributed by atoms with Crippen LogP contribution in [0.5, 0.6) is 0 Å². The lowest BCUT2D eigenvalue weighted by molar-refractivity contribution is 0.0852. The Labute approximate surface area is 106 Å². The van der Waals surface area contributed by atoms with E-state index < -0.39 is 17.7 Å². The zero-order chi connectivity index (χ0) is 12.5. The van der Waals surface area contributed by atoms with Crippen LogP contribution in [0.3, 0.4) is 0 Å². The van der Waals surface area contributed by atoms with Gasteiger partial charge in [-0.25, -0.2) is 13.8 Å². The highest BCUT2D eigenvalue weighted by molar-refractivity contribution is 7.07. The van der Waals surface area contributed by atoms with Crippen LogP contribution >= 0.6 is 11.3 Å². The van der Waals surface area contributed by atoms with Crippen LogP contribution in [-0.2, 0) is 4.84 Å². The average molecular weight is 266 g/mol. The Kier molecular flexibility index (Phi) is 2.79. The van der Waals surface area contributed by atoms with Gasteiger partial charge in [-0.1, -0.05) is 5.16 Å². The fraction of sp³-hybridized carbons (Fsp3) is 0.167. The molecule has 2 heterocycles. The first-order valence-corrected chi connectivity index (χ1v) is 6.24. The number of rotatable bonds is 2. The molecule has 92 valence electrons. The number of benzene rings is 1. The lowest BCUT2D eigenvalue weighted by Crippen LogP contribution is -2.02. The van der Waals surface area contributed by atoms with Gasteiger partial charge in [0.25, 0.3) is 0 Å². The van der Waals surface area contributed by atoms with Gasteiger partial charge in [-0.2, -0.15) is 0 Å². The Morgan fingerprint density at radius 3 is 2.67 bits per heavy atom. The molecular weight excluding hydrogens is 258 g/mol. The topological polar surface area (TPSA) is 34.5 Å². The minimum absolute atomic E-state index is 0.446. The van der Waals surface area contributed by atoms with E-state index in [1.54, 1.807) is 5.51 Å². The van der Waals surface area contributed by atoms with Crippen LogP contribution in [0.1, 0.15) is 23.8 Å². The first-order chi connectivity index (χ1) is 8.72. The Balaban J connectivity index is 1.81. The maximum atomic E-state index is 13.1. The number of oxime groups is 1. The molecule has 0 radical (unpaired) electrons. The molecule has 1 aliphatic heterocycles. The molecule has 1 aromatic carbocycles. The summed E-state index contributed by atoms with van der Waals surface area (Å²) in [5.41, 5.74) is 3.60. The largest absolute Gasteiger partial charge is 0.387 e. The van der Waals surface area contributed by atoms with E-state index in [1.165, 1.54) is 23.5 Å². The number of thiazole rings is 1. The quantitative estimate of drug-likeness (QED) is 0.836. The Bertz CT molecular complexity index is 578. The van der Waals surface area contributed by atoms with Crippen molar-refractivity contribution >= 4 is 17.0 Å². The molecule has 0 aliphatic carbocycles.